The zero-order valence-electron chi connectivity index (χ0n) is 10.8. The van der Waals surface area contributed by atoms with E-state index in [1.165, 1.54) is 58.0 Å². The molecule has 1 atom stereocenters. The van der Waals surface area contributed by atoms with Crippen LogP contribution >= 0.6 is 0 Å². The lowest BCUT2D eigenvalue weighted by molar-refractivity contribution is 0.233. The van der Waals surface area contributed by atoms with Crippen LogP contribution in [-0.2, 0) is 0 Å². The molecule has 2 fully saturated rings. The molecule has 2 aliphatic rings. The number of nitrogens with zero attached hydrogens (tertiary/aromatic N) is 1. The van der Waals surface area contributed by atoms with Crippen LogP contribution in [0.2, 0.25) is 0 Å². The van der Waals surface area contributed by atoms with Crippen LogP contribution in [-0.4, -0.2) is 30.6 Å². The first-order valence-corrected chi connectivity index (χ1v) is 7.26. The molecule has 0 aromatic rings. The fourth-order valence-corrected chi connectivity index (χ4v) is 2.44. The van der Waals surface area contributed by atoms with Gasteiger partial charge in [-0.2, -0.15) is 0 Å². The third-order valence-electron chi connectivity index (χ3n) is 3.85. The Morgan fingerprint density at radius 2 is 1.69 bits per heavy atom. The van der Waals surface area contributed by atoms with E-state index in [0.29, 0.717) is 6.04 Å². The van der Waals surface area contributed by atoms with Gasteiger partial charge in [0, 0.05) is 25.7 Å². The normalized spacial score (nSPS) is 22.7. The highest BCUT2D eigenvalue weighted by molar-refractivity contribution is 4.83. The molecule has 2 rings (SSSR count). The van der Waals surface area contributed by atoms with Crippen molar-refractivity contribution in [2.24, 2.45) is 17.6 Å². The molecule has 2 aliphatic carbocycles. The second-order valence-corrected chi connectivity index (χ2v) is 6.01. The van der Waals surface area contributed by atoms with Gasteiger partial charge in [0.1, 0.15) is 0 Å². The molecular weight excluding hydrogens is 196 g/mol. The highest BCUT2D eigenvalue weighted by atomic mass is 15.1. The summed E-state index contributed by atoms with van der Waals surface area (Å²) in [7, 11) is 0. The zero-order valence-corrected chi connectivity index (χ0v) is 10.8. The molecule has 0 aromatic heterocycles. The van der Waals surface area contributed by atoms with Crippen molar-refractivity contribution in [1.29, 1.82) is 0 Å². The molecule has 2 heteroatoms. The second kappa shape index (κ2) is 6.02. The molecule has 0 heterocycles. The predicted octanol–water partition coefficient (Wildman–Crippen LogP) is 2.63. The monoisotopic (exact) mass is 224 g/mol. The van der Waals surface area contributed by atoms with Crippen molar-refractivity contribution < 1.29 is 0 Å². The lowest BCUT2D eigenvalue weighted by Crippen LogP contribution is -2.39. The van der Waals surface area contributed by atoms with E-state index >= 15 is 0 Å². The summed E-state index contributed by atoms with van der Waals surface area (Å²) in [5.74, 6) is 2.02. The molecule has 0 radical (unpaired) electrons. The van der Waals surface area contributed by atoms with Gasteiger partial charge in [-0.15, -0.1) is 0 Å². The minimum atomic E-state index is 0.414. The first-order chi connectivity index (χ1) is 7.78. The average Bonchev–Trinajstić information content (AvgIpc) is 3.10. The van der Waals surface area contributed by atoms with Gasteiger partial charge in [-0.3, -0.25) is 0 Å². The molecule has 2 saturated carbocycles. The molecule has 0 amide bonds. The standard InChI is InChI=1S/C14H28N2/c1-2-3-4-14(15)11-16(9-12-5-6-12)10-13-7-8-13/h12-14H,2-11,15H2,1H3. The number of hydrogen-bond acceptors (Lipinski definition) is 2. The Hall–Kier alpha value is -0.0800. The smallest absolute Gasteiger partial charge is 0.0167 e. The largest absolute Gasteiger partial charge is 0.327 e. The number of unbranched alkanes of at least 4 members (excludes halogenated alkanes) is 1. The fraction of sp³-hybridized carbons (Fsp3) is 1.00. The Balaban J connectivity index is 1.66. The van der Waals surface area contributed by atoms with Crippen LogP contribution in [0.1, 0.15) is 51.9 Å². The maximum Gasteiger partial charge on any atom is 0.0167 e. The van der Waals surface area contributed by atoms with E-state index in [-0.39, 0.29) is 0 Å². The van der Waals surface area contributed by atoms with Crippen LogP contribution in [0, 0.1) is 11.8 Å². The van der Waals surface area contributed by atoms with Crippen molar-refractivity contribution in [1.82, 2.24) is 4.90 Å². The summed E-state index contributed by atoms with van der Waals surface area (Å²) in [5, 5.41) is 0. The maximum atomic E-state index is 6.21. The zero-order chi connectivity index (χ0) is 11.4. The Bertz CT molecular complexity index is 183. The third-order valence-corrected chi connectivity index (χ3v) is 3.85. The van der Waals surface area contributed by atoms with Crippen LogP contribution in [0.5, 0.6) is 0 Å². The molecule has 94 valence electrons. The summed E-state index contributed by atoms with van der Waals surface area (Å²) in [4.78, 5) is 2.66. The molecule has 1 unspecified atom stereocenters. The highest BCUT2D eigenvalue weighted by Crippen LogP contribution is 2.33. The van der Waals surface area contributed by atoms with Crippen molar-refractivity contribution in [2.75, 3.05) is 19.6 Å². The SMILES string of the molecule is CCCCC(N)CN(CC1CC1)CC1CC1. The molecule has 0 saturated heterocycles. The fourth-order valence-electron chi connectivity index (χ4n) is 2.44. The van der Waals surface area contributed by atoms with Crippen LogP contribution in [0.4, 0.5) is 0 Å². The van der Waals surface area contributed by atoms with Crippen LogP contribution < -0.4 is 5.73 Å². The van der Waals surface area contributed by atoms with Gasteiger partial charge in [0.25, 0.3) is 0 Å². The van der Waals surface area contributed by atoms with Crippen molar-refractivity contribution in [2.45, 2.75) is 57.9 Å². The average molecular weight is 224 g/mol. The maximum absolute atomic E-state index is 6.21. The summed E-state index contributed by atoms with van der Waals surface area (Å²) in [6.45, 7) is 6.05. The van der Waals surface area contributed by atoms with Gasteiger partial charge in [0.15, 0.2) is 0 Å². The summed E-state index contributed by atoms with van der Waals surface area (Å²) in [6.07, 6.45) is 9.64. The van der Waals surface area contributed by atoms with Gasteiger partial charge >= 0.3 is 0 Å². The summed E-state index contributed by atoms with van der Waals surface area (Å²) < 4.78 is 0. The van der Waals surface area contributed by atoms with Crippen molar-refractivity contribution >= 4 is 0 Å². The van der Waals surface area contributed by atoms with E-state index < -0.39 is 0 Å². The quantitative estimate of drug-likeness (QED) is 0.652. The van der Waals surface area contributed by atoms with E-state index in [9.17, 15) is 0 Å². The lowest BCUT2D eigenvalue weighted by atomic mass is 10.1. The van der Waals surface area contributed by atoms with E-state index in [4.69, 9.17) is 5.73 Å². The van der Waals surface area contributed by atoms with E-state index in [2.05, 4.69) is 11.8 Å². The molecule has 0 spiro atoms. The molecule has 0 aromatic carbocycles. The van der Waals surface area contributed by atoms with Crippen molar-refractivity contribution in [3.63, 3.8) is 0 Å². The highest BCUT2D eigenvalue weighted by Gasteiger charge is 2.29. The molecule has 2 nitrogen and oxygen atoms in total. The second-order valence-electron chi connectivity index (χ2n) is 6.01. The first kappa shape index (κ1) is 12.4. The minimum absolute atomic E-state index is 0.414. The summed E-state index contributed by atoms with van der Waals surface area (Å²) in [6, 6.07) is 0.414. The summed E-state index contributed by atoms with van der Waals surface area (Å²) in [5.41, 5.74) is 6.21. The Morgan fingerprint density at radius 3 is 2.12 bits per heavy atom. The topological polar surface area (TPSA) is 29.3 Å². The van der Waals surface area contributed by atoms with Gasteiger partial charge in [-0.05, 0) is 43.9 Å². The van der Waals surface area contributed by atoms with Gasteiger partial charge in [-0.1, -0.05) is 19.8 Å². The van der Waals surface area contributed by atoms with E-state index in [0.717, 1.165) is 18.4 Å². The van der Waals surface area contributed by atoms with Gasteiger partial charge in [-0.25, -0.2) is 0 Å². The molecule has 16 heavy (non-hydrogen) atoms. The van der Waals surface area contributed by atoms with Crippen LogP contribution in [0.15, 0.2) is 0 Å². The molecular formula is C14H28N2. The Labute approximate surface area is 101 Å². The van der Waals surface area contributed by atoms with Gasteiger partial charge < -0.3 is 10.6 Å². The van der Waals surface area contributed by atoms with Crippen LogP contribution in [0.25, 0.3) is 0 Å². The number of rotatable bonds is 9. The first-order valence-electron chi connectivity index (χ1n) is 7.26. The predicted molar refractivity (Wildman–Crippen MR) is 69.4 cm³/mol. The summed E-state index contributed by atoms with van der Waals surface area (Å²) >= 11 is 0. The molecule has 2 N–H and O–H groups in total. The Morgan fingerprint density at radius 1 is 1.12 bits per heavy atom. The van der Waals surface area contributed by atoms with E-state index in [1.807, 2.05) is 0 Å². The van der Waals surface area contributed by atoms with Crippen molar-refractivity contribution in [3.8, 4) is 0 Å². The van der Waals surface area contributed by atoms with Gasteiger partial charge in [0.2, 0.25) is 0 Å². The number of nitrogens with two attached hydrogens (primary N) is 1. The number of hydrogen-bond donors (Lipinski definition) is 1. The van der Waals surface area contributed by atoms with Gasteiger partial charge in [0.05, 0.1) is 0 Å². The molecule has 0 bridgehead atoms. The molecule has 0 aliphatic heterocycles. The third kappa shape index (κ3) is 4.84. The van der Waals surface area contributed by atoms with E-state index in [1.54, 1.807) is 0 Å². The Kier molecular flexibility index (Phi) is 4.66. The van der Waals surface area contributed by atoms with Crippen LogP contribution in [0.3, 0.4) is 0 Å². The lowest BCUT2D eigenvalue weighted by Gasteiger charge is -2.25. The van der Waals surface area contributed by atoms with Crippen molar-refractivity contribution in [3.05, 3.63) is 0 Å². The minimum Gasteiger partial charge on any atom is -0.327 e.